The van der Waals surface area contributed by atoms with E-state index in [9.17, 15) is 0 Å². The summed E-state index contributed by atoms with van der Waals surface area (Å²) in [7, 11) is 0. The highest BCUT2D eigenvalue weighted by atomic mass is 15.0. The molecule has 1 aliphatic rings. The van der Waals surface area contributed by atoms with Crippen molar-refractivity contribution in [1.29, 1.82) is 0 Å². The van der Waals surface area contributed by atoms with Crippen molar-refractivity contribution in [3.8, 4) is 27.9 Å². The number of fused-ring (bicyclic) bond motifs is 4. The average molecular weight is 512 g/mol. The molecule has 1 nitrogen and oxygen atoms in total. The van der Waals surface area contributed by atoms with Crippen LogP contribution in [0.4, 0.5) is 0 Å². The van der Waals surface area contributed by atoms with E-state index in [0.29, 0.717) is 0 Å². The van der Waals surface area contributed by atoms with E-state index in [-0.39, 0.29) is 5.41 Å². The highest BCUT2D eigenvalue weighted by molar-refractivity contribution is 6.29. The molecule has 190 valence electrons. The molecule has 0 spiro atoms. The van der Waals surface area contributed by atoms with Crippen LogP contribution in [0.1, 0.15) is 36.1 Å². The largest absolute Gasteiger partial charge is 0.309 e. The molecular formula is C39H29N. The van der Waals surface area contributed by atoms with Crippen LogP contribution < -0.4 is 0 Å². The zero-order chi connectivity index (χ0) is 27.2. The quantitative estimate of drug-likeness (QED) is 0.207. The minimum Gasteiger partial charge on any atom is -0.309 e. The fourth-order valence-corrected chi connectivity index (χ4v) is 7.13. The molecule has 8 rings (SSSR count). The molecule has 1 aliphatic carbocycles. The summed E-state index contributed by atoms with van der Waals surface area (Å²) in [4.78, 5) is 0. The van der Waals surface area contributed by atoms with Crippen molar-refractivity contribution in [3.05, 3.63) is 139 Å². The summed E-state index contributed by atoms with van der Waals surface area (Å²) < 4.78 is 2.49. The van der Waals surface area contributed by atoms with Gasteiger partial charge in [-0.25, -0.2) is 0 Å². The third-order valence-electron chi connectivity index (χ3n) is 9.04. The Balaban J connectivity index is 1.61. The van der Waals surface area contributed by atoms with Crippen LogP contribution in [0, 0.1) is 0 Å². The first kappa shape index (κ1) is 23.0. The minimum absolute atomic E-state index is 0.0872. The second kappa shape index (κ2) is 8.07. The van der Waals surface area contributed by atoms with Gasteiger partial charge in [-0.1, -0.05) is 118 Å². The average Bonchev–Trinajstić information content (AvgIpc) is 3.46. The zero-order valence-corrected chi connectivity index (χ0v) is 22.8. The third kappa shape index (κ3) is 2.92. The molecule has 1 aromatic heterocycles. The molecule has 7 aromatic rings. The van der Waals surface area contributed by atoms with E-state index in [0.717, 1.165) is 16.8 Å². The summed E-state index contributed by atoms with van der Waals surface area (Å²) in [6, 6.07) is 38.1. The van der Waals surface area contributed by atoms with Crippen LogP contribution in [0.15, 0.2) is 116 Å². The van der Waals surface area contributed by atoms with Crippen molar-refractivity contribution in [2.24, 2.45) is 0 Å². The van der Waals surface area contributed by atoms with Crippen molar-refractivity contribution in [1.82, 2.24) is 4.57 Å². The van der Waals surface area contributed by atoms with E-state index in [4.69, 9.17) is 0 Å². The van der Waals surface area contributed by atoms with E-state index in [1.165, 1.54) is 66.0 Å². The molecule has 0 radical (unpaired) electrons. The predicted octanol–water partition coefficient (Wildman–Crippen LogP) is 10.6. The Hall–Kier alpha value is -4.88. The van der Waals surface area contributed by atoms with Crippen molar-refractivity contribution in [2.75, 3.05) is 0 Å². The first-order valence-corrected chi connectivity index (χ1v) is 13.9. The Morgan fingerprint density at radius 2 is 1.40 bits per heavy atom. The molecule has 1 heterocycles. The van der Waals surface area contributed by atoms with Gasteiger partial charge in [0.1, 0.15) is 0 Å². The van der Waals surface area contributed by atoms with Crippen LogP contribution in [-0.4, -0.2) is 4.57 Å². The van der Waals surface area contributed by atoms with Crippen LogP contribution in [0.2, 0.25) is 0 Å². The van der Waals surface area contributed by atoms with Gasteiger partial charge in [0.25, 0.3) is 0 Å². The fraction of sp³-hybridized carbons (Fsp3) is 0.0769. The van der Waals surface area contributed by atoms with Crippen molar-refractivity contribution in [3.63, 3.8) is 0 Å². The molecule has 0 saturated heterocycles. The summed E-state index contributed by atoms with van der Waals surface area (Å²) in [5, 5.41) is 5.26. The number of nitrogens with zero attached hydrogens (tertiary/aromatic N) is 1. The van der Waals surface area contributed by atoms with E-state index in [2.05, 4.69) is 135 Å². The molecule has 0 atom stereocenters. The van der Waals surface area contributed by atoms with Gasteiger partial charge >= 0.3 is 0 Å². The Labute approximate surface area is 234 Å². The molecule has 0 saturated carbocycles. The number of hydrogen-bond donors (Lipinski definition) is 0. The van der Waals surface area contributed by atoms with Crippen molar-refractivity contribution >= 4 is 44.7 Å². The van der Waals surface area contributed by atoms with Gasteiger partial charge < -0.3 is 4.57 Å². The monoisotopic (exact) mass is 511 g/mol. The van der Waals surface area contributed by atoms with Gasteiger partial charge in [-0.3, -0.25) is 0 Å². The highest BCUT2D eigenvalue weighted by Crippen LogP contribution is 2.55. The van der Waals surface area contributed by atoms with Crippen molar-refractivity contribution < 1.29 is 0 Å². The first-order valence-electron chi connectivity index (χ1n) is 13.9. The van der Waals surface area contributed by atoms with Crippen LogP contribution in [0.5, 0.6) is 0 Å². The van der Waals surface area contributed by atoms with Gasteiger partial charge in [0.2, 0.25) is 0 Å². The molecule has 40 heavy (non-hydrogen) atoms. The highest BCUT2D eigenvalue weighted by Gasteiger charge is 2.38. The predicted molar refractivity (Wildman–Crippen MR) is 173 cm³/mol. The summed E-state index contributed by atoms with van der Waals surface area (Å²) in [6.45, 7) is 12.8. The second-order valence-corrected chi connectivity index (χ2v) is 11.5. The number of aromatic nitrogens is 1. The zero-order valence-electron chi connectivity index (χ0n) is 22.8. The van der Waals surface area contributed by atoms with E-state index >= 15 is 0 Å². The SMILES string of the molecule is C=Cc1cccc(-c2ccc3ccc4c5c(cc6c4c3c2n6-c2cccc(C=C)c2)C(C)(C)c2ccccc2-5)c1. The lowest BCUT2D eigenvalue weighted by Crippen LogP contribution is -2.15. The topological polar surface area (TPSA) is 4.93 Å². The molecular weight excluding hydrogens is 482 g/mol. The maximum Gasteiger partial charge on any atom is 0.0625 e. The molecule has 0 bridgehead atoms. The number of rotatable bonds is 4. The van der Waals surface area contributed by atoms with Gasteiger partial charge in [0.05, 0.1) is 11.0 Å². The third-order valence-corrected chi connectivity index (χ3v) is 9.04. The maximum absolute atomic E-state index is 4.06. The Morgan fingerprint density at radius 1 is 0.650 bits per heavy atom. The van der Waals surface area contributed by atoms with Gasteiger partial charge in [0, 0.05) is 27.4 Å². The second-order valence-electron chi connectivity index (χ2n) is 11.5. The molecule has 0 amide bonds. The van der Waals surface area contributed by atoms with Crippen molar-refractivity contribution in [2.45, 2.75) is 19.3 Å². The lowest BCUT2D eigenvalue weighted by Gasteiger charge is -2.22. The molecule has 0 N–H and O–H groups in total. The first-order chi connectivity index (χ1) is 19.5. The number of hydrogen-bond acceptors (Lipinski definition) is 0. The maximum atomic E-state index is 4.06. The van der Waals surface area contributed by atoms with E-state index < -0.39 is 0 Å². The van der Waals surface area contributed by atoms with Crippen LogP contribution in [-0.2, 0) is 5.41 Å². The molecule has 6 aromatic carbocycles. The summed E-state index contributed by atoms with van der Waals surface area (Å²) >= 11 is 0. The van der Waals surface area contributed by atoms with Gasteiger partial charge in [-0.15, -0.1) is 0 Å². The standard InChI is InChI=1S/C39H29N/c1-5-24-11-9-13-27(21-24)29-19-17-26-18-20-31-36-30-15-7-8-16-32(30)39(3,4)33(36)23-34-37(31)35(26)38(29)40(34)28-14-10-12-25(6-2)22-28/h5-23H,1-2H2,3-4H3. The van der Waals surface area contributed by atoms with Crippen LogP contribution >= 0.6 is 0 Å². The fourth-order valence-electron chi connectivity index (χ4n) is 7.13. The molecule has 0 aliphatic heterocycles. The summed E-state index contributed by atoms with van der Waals surface area (Å²) in [5.41, 5.74) is 13.8. The smallest absolute Gasteiger partial charge is 0.0625 e. The molecule has 0 unspecified atom stereocenters. The molecule has 0 fully saturated rings. The normalized spacial score (nSPS) is 13.7. The summed E-state index contributed by atoms with van der Waals surface area (Å²) in [5.74, 6) is 0. The van der Waals surface area contributed by atoms with Gasteiger partial charge in [0.15, 0.2) is 0 Å². The van der Waals surface area contributed by atoms with Crippen LogP contribution in [0.3, 0.4) is 0 Å². The Bertz CT molecular complexity index is 2170. The lowest BCUT2D eigenvalue weighted by molar-refractivity contribution is 0.661. The Morgan fingerprint density at radius 3 is 2.23 bits per heavy atom. The Kier molecular flexibility index (Phi) is 4.65. The summed E-state index contributed by atoms with van der Waals surface area (Å²) in [6.07, 6.45) is 3.85. The lowest BCUT2D eigenvalue weighted by atomic mass is 9.81. The number of benzene rings is 6. The molecule has 1 heteroatoms. The van der Waals surface area contributed by atoms with Gasteiger partial charge in [-0.2, -0.15) is 0 Å². The minimum atomic E-state index is -0.0872. The van der Waals surface area contributed by atoms with E-state index in [1.807, 2.05) is 12.2 Å². The van der Waals surface area contributed by atoms with Crippen LogP contribution in [0.25, 0.3) is 72.7 Å². The van der Waals surface area contributed by atoms with E-state index in [1.54, 1.807) is 0 Å². The van der Waals surface area contributed by atoms with Gasteiger partial charge in [-0.05, 0) is 74.0 Å².